The smallest absolute Gasteiger partial charge is 0.324 e. The molecule has 0 amide bonds. The summed E-state index contributed by atoms with van der Waals surface area (Å²) in [6, 6.07) is 4.80. The standard InChI is InChI=1S/C13H18N4O2S/c1-4-6-9(10-7-5-8-20-10)14-11-15-12(18-2)17-13(16-11)19-3/h5,7-9H,4,6H2,1-3H3,(H,14,15,16,17). The summed E-state index contributed by atoms with van der Waals surface area (Å²) in [4.78, 5) is 13.6. The van der Waals surface area contributed by atoms with E-state index in [2.05, 4.69) is 38.6 Å². The second-order valence-electron chi connectivity index (χ2n) is 4.13. The Morgan fingerprint density at radius 2 is 1.90 bits per heavy atom. The lowest BCUT2D eigenvalue weighted by Crippen LogP contribution is -2.13. The van der Waals surface area contributed by atoms with E-state index in [-0.39, 0.29) is 18.1 Å². The molecule has 7 heteroatoms. The number of thiophene rings is 1. The second kappa shape index (κ2) is 7.04. The maximum absolute atomic E-state index is 5.05. The van der Waals surface area contributed by atoms with Gasteiger partial charge in [-0.05, 0) is 17.9 Å². The predicted octanol–water partition coefficient (Wildman–Crippen LogP) is 2.90. The Bertz CT molecular complexity index is 511. The van der Waals surface area contributed by atoms with E-state index in [1.165, 1.54) is 19.1 Å². The van der Waals surface area contributed by atoms with Crippen LogP contribution in [0.5, 0.6) is 12.0 Å². The Hall–Kier alpha value is -1.89. The summed E-state index contributed by atoms with van der Waals surface area (Å²) in [5.41, 5.74) is 0. The first-order valence-electron chi connectivity index (χ1n) is 6.40. The van der Waals surface area contributed by atoms with Crippen molar-refractivity contribution in [1.82, 2.24) is 15.0 Å². The number of nitrogens with one attached hydrogen (secondary N) is 1. The van der Waals surface area contributed by atoms with E-state index >= 15 is 0 Å². The van der Waals surface area contributed by atoms with E-state index in [4.69, 9.17) is 9.47 Å². The molecule has 0 aromatic carbocycles. The average molecular weight is 294 g/mol. The number of methoxy groups -OCH3 is 2. The van der Waals surface area contributed by atoms with Crippen LogP contribution >= 0.6 is 11.3 Å². The topological polar surface area (TPSA) is 69.2 Å². The van der Waals surface area contributed by atoms with Crippen molar-refractivity contribution in [1.29, 1.82) is 0 Å². The Morgan fingerprint density at radius 3 is 2.40 bits per heavy atom. The number of hydrogen-bond donors (Lipinski definition) is 1. The van der Waals surface area contributed by atoms with Crippen LogP contribution in [-0.4, -0.2) is 29.2 Å². The van der Waals surface area contributed by atoms with Gasteiger partial charge in [0.05, 0.1) is 20.3 Å². The largest absolute Gasteiger partial charge is 0.467 e. The molecule has 0 aliphatic carbocycles. The molecule has 0 saturated carbocycles. The molecule has 0 radical (unpaired) electrons. The van der Waals surface area contributed by atoms with Crippen LogP contribution in [0.3, 0.4) is 0 Å². The Labute approximate surface area is 122 Å². The Morgan fingerprint density at radius 1 is 1.20 bits per heavy atom. The van der Waals surface area contributed by atoms with Crippen LogP contribution in [0, 0.1) is 0 Å². The maximum Gasteiger partial charge on any atom is 0.324 e. The number of ether oxygens (including phenoxy) is 2. The summed E-state index contributed by atoms with van der Waals surface area (Å²) >= 11 is 1.71. The first-order valence-corrected chi connectivity index (χ1v) is 7.28. The summed E-state index contributed by atoms with van der Waals surface area (Å²) in [6.45, 7) is 2.15. The van der Waals surface area contributed by atoms with Crippen molar-refractivity contribution in [2.45, 2.75) is 25.8 Å². The molecule has 2 heterocycles. The van der Waals surface area contributed by atoms with Crippen molar-refractivity contribution < 1.29 is 9.47 Å². The molecular formula is C13H18N4O2S. The fourth-order valence-corrected chi connectivity index (χ4v) is 2.62. The van der Waals surface area contributed by atoms with Crippen LogP contribution in [-0.2, 0) is 0 Å². The van der Waals surface area contributed by atoms with Crippen LogP contribution in [0.2, 0.25) is 0 Å². The SMILES string of the molecule is CCCC(Nc1nc(OC)nc(OC)n1)c1cccs1. The second-order valence-corrected chi connectivity index (χ2v) is 5.11. The summed E-state index contributed by atoms with van der Waals surface area (Å²) in [5, 5.41) is 5.38. The van der Waals surface area contributed by atoms with Crippen molar-refractivity contribution in [3.63, 3.8) is 0 Å². The monoisotopic (exact) mass is 294 g/mol. The third-order valence-electron chi connectivity index (χ3n) is 2.73. The molecule has 0 spiro atoms. The molecule has 1 atom stereocenters. The fourth-order valence-electron chi connectivity index (χ4n) is 1.80. The van der Waals surface area contributed by atoms with Crippen molar-refractivity contribution in [3.8, 4) is 12.0 Å². The minimum atomic E-state index is 0.178. The fraction of sp³-hybridized carbons (Fsp3) is 0.462. The number of anilines is 1. The van der Waals surface area contributed by atoms with Gasteiger partial charge in [-0.25, -0.2) is 0 Å². The van der Waals surface area contributed by atoms with Gasteiger partial charge < -0.3 is 14.8 Å². The number of nitrogens with zero attached hydrogens (tertiary/aromatic N) is 3. The molecule has 0 aliphatic heterocycles. The zero-order chi connectivity index (χ0) is 14.4. The number of rotatable bonds is 7. The van der Waals surface area contributed by atoms with Gasteiger partial charge in [0.25, 0.3) is 0 Å². The van der Waals surface area contributed by atoms with Gasteiger partial charge >= 0.3 is 12.0 Å². The lowest BCUT2D eigenvalue weighted by molar-refractivity contribution is 0.341. The van der Waals surface area contributed by atoms with E-state index in [0.29, 0.717) is 5.95 Å². The maximum atomic E-state index is 5.05. The first-order chi connectivity index (χ1) is 9.76. The van der Waals surface area contributed by atoms with Gasteiger partial charge in [0.15, 0.2) is 0 Å². The Kier molecular flexibility index (Phi) is 5.11. The van der Waals surface area contributed by atoms with Crippen molar-refractivity contribution in [2.75, 3.05) is 19.5 Å². The molecular weight excluding hydrogens is 276 g/mol. The van der Waals surface area contributed by atoms with Crippen LogP contribution in [0.15, 0.2) is 17.5 Å². The summed E-state index contributed by atoms with van der Waals surface area (Å²) in [7, 11) is 3.03. The van der Waals surface area contributed by atoms with Gasteiger partial charge in [0, 0.05) is 4.88 Å². The lowest BCUT2D eigenvalue weighted by Gasteiger charge is -2.17. The van der Waals surface area contributed by atoms with Crippen LogP contribution < -0.4 is 14.8 Å². The summed E-state index contributed by atoms with van der Waals surface area (Å²) < 4.78 is 10.1. The van der Waals surface area contributed by atoms with E-state index in [0.717, 1.165) is 12.8 Å². The van der Waals surface area contributed by atoms with Crippen LogP contribution in [0.25, 0.3) is 0 Å². The van der Waals surface area contributed by atoms with Crippen molar-refractivity contribution >= 4 is 17.3 Å². The summed E-state index contributed by atoms with van der Waals surface area (Å²) in [5.74, 6) is 0.459. The quantitative estimate of drug-likeness (QED) is 0.846. The third kappa shape index (κ3) is 3.57. The molecule has 2 aromatic heterocycles. The molecule has 1 unspecified atom stereocenters. The van der Waals surface area contributed by atoms with Crippen molar-refractivity contribution in [2.24, 2.45) is 0 Å². The van der Waals surface area contributed by atoms with E-state index in [1.807, 2.05) is 6.07 Å². The lowest BCUT2D eigenvalue weighted by atomic mass is 10.1. The van der Waals surface area contributed by atoms with Gasteiger partial charge in [0.1, 0.15) is 0 Å². The van der Waals surface area contributed by atoms with Gasteiger partial charge in [-0.15, -0.1) is 16.3 Å². The molecule has 1 N–H and O–H groups in total. The highest BCUT2D eigenvalue weighted by atomic mass is 32.1. The number of aromatic nitrogens is 3. The normalized spacial score (nSPS) is 11.9. The third-order valence-corrected chi connectivity index (χ3v) is 3.71. The molecule has 6 nitrogen and oxygen atoms in total. The molecule has 0 bridgehead atoms. The highest BCUT2D eigenvalue weighted by molar-refractivity contribution is 7.10. The minimum absolute atomic E-state index is 0.178. The highest BCUT2D eigenvalue weighted by Gasteiger charge is 2.15. The average Bonchev–Trinajstić information content (AvgIpc) is 3.00. The predicted molar refractivity (Wildman–Crippen MR) is 78.5 cm³/mol. The van der Waals surface area contributed by atoms with Crippen molar-refractivity contribution in [3.05, 3.63) is 22.4 Å². The molecule has 0 saturated heterocycles. The zero-order valence-electron chi connectivity index (χ0n) is 11.8. The van der Waals surface area contributed by atoms with Gasteiger partial charge in [0.2, 0.25) is 5.95 Å². The number of hydrogen-bond acceptors (Lipinski definition) is 7. The molecule has 108 valence electrons. The van der Waals surface area contributed by atoms with Gasteiger partial charge in [-0.3, -0.25) is 0 Å². The zero-order valence-corrected chi connectivity index (χ0v) is 12.6. The van der Waals surface area contributed by atoms with Gasteiger partial charge in [-0.2, -0.15) is 9.97 Å². The highest BCUT2D eigenvalue weighted by Crippen LogP contribution is 2.27. The first kappa shape index (κ1) is 14.5. The summed E-state index contributed by atoms with van der Waals surface area (Å²) in [6.07, 6.45) is 2.06. The molecule has 2 rings (SSSR count). The van der Waals surface area contributed by atoms with E-state index in [1.54, 1.807) is 11.3 Å². The molecule has 0 fully saturated rings. The molecule has 2 aromatic rings. The Balaban J connectivity index is 2.21. The van der Waals surface area contributed by atoms with Crippen LogP contribution in [0.4, 0.5) is 5.95 Å². The molecule has 0 aliphatic rings. The molecule has 20 heavy (non-hydrogen) atoms. The van der Waals surface area contributed by atoms with Gasteiger partial charge in [-0.1, -0.05) is 19.4 Å². The van der Waals surface area contributed by atoms with E-state index in [9.17, 15) is 0 Å². The minimum Gasteiger partial charge on any atom is -0.467 e. The van der Waals surface area contributed by atoms with E-state index < -0.39 is 0 Å². The van der Waals surface area contributed by atoms with Crippen LogP contribution in [0.1, 0.15) is 30.7 Å².